The van der Waals surface area contributed by atoms with Crippen molar-refractivity contribution >= 4 is 6.03 Å². The molecule has 1 heterocycles. The summed E-state index contributed by atoms with van der Waals surface area (Å²) >= 11 is 0. The highest BCUT2D eigenvalue weighted by atomic mass is 16.2. The molecule has 0 bridgehead atoms. The Bertz CT molecular complexity index is 604. The molecule has 1 saturated carbocycles. The molecule has 1 N–H and O–H groups in total. The van der Waals surface area contributed by atoms with Gasteiger partial charge in [-0.3, -0.25) is 0 Å². The van der Waals surface area contributed by atoms with Crippen LogP contribution in [0.15, 0.2) is 43.0 Å². The molecule has 0 saturated heterocycles. The van der Waals surface area contributed by atoms with E-state index in [9.17, 15) is 4.79 Å². The van der Waals surface area contributed by atoms with Crippen LogP contribution in [0.25, 0.3) is 5.69 Å². The number of carbonyl (C=O) groups excluding carboxylic acids is 1. The number of carbonyl (C=O) groups is 1. The number of rotatable bonds is 4. The van der Waals surface area contributed by atoms with E-state index in [4.69, 9.17) is 0 Å². The van der Waals surface area contributed by atoms with Crippen molar-refractivity contribution in [2.45, 2.75) is 31.8 Å². The molecule has 0 atom stereocenters. The minimum absolute atomic E-state index is 0.000124. The van der Waals surface area contributed by atoms with Gasteiger partial charge in [-0.2, -0.15) is 0 Å². The molecule has 1 aromatic heterocycles. The highest BCUT2D eigenvalue weighted by Crippen LogP contribution is 2.23. The Morgan fingerprint density at radius 3 is 2.90 bits per heavy atom. The molecule has 1 aromatic carbocycles. The predicted molar refractivity (Wildman–Crippen MR) is 81.2 cm³/mol. The molecule has 0 radical (unpaired) electrons. The monoisotopic (exact) mass is 284 g/mol. The zero-order chi connectivity index (χ0) is 14.7. The Hall–Kier alpha value is -2.30. The van der Waals surface area contributed by atoms with Crippen LogP contribution in [0.4, 0.5) is 4.79 Å². The SMILES string of the molecule is CN(C(=O)NCc1ccccc1-n1ccnc1)C1CCC1. The van der Waals surface area contributed by atoms with Crippen molar-refractivity contribution in [1.29, 1.82) is 0 Å². The van der Waals surface area contributed by atoms with E-state index >= 15 is 0 Å². The van der Waals surface area contributed by atoms with Gasteiger partial charge in [-0.1, -0.05) is 18.2 Å². The van der Waals surface area contributed by atoms with Crippen molar-refractivity contribution in [3.8, 4) is 5.69 Å². The van der Waals surface area contributed by atoms with Crippen LogP contribution in [0.1, 0.15) is 24.8 Å². The first kappa shape index (κ1) is 13.7. The molecule has 3 rings (SSSR count). The van der Waals surface area contributed by atoms with Crippen LogP contribution >= 0.6 is 0 Å². The van der Waals surface area contributed by atoms with Gasteiger partial charge in [-0.05, 0) is 30.9 Å². The number of imidazole rings is 1. The third-order valence-electron chi connectivity index (χ3n) is 4.15. The molecule has 0 unspecified atom stereocenters. The number of amides is 2. The average molecular weight is 284 g/mol. The molecule has 2 aromatic rings. The van der Waals surface area contributed by atoms with Crippen LogP contribution in [0.3, 0.4) is 0 Å². The second-order valence-electron chi connectivity index (χ2n) is 5.45. The van der Waals surface area contributed by atoms with Gasteiger partial charge in [0, 0.05) is 32.0 Å². The second-order valence-corrected chi connectivity index (χ2v) is 5.45. The summed E-state index contributed by atoms with van der Waals surface area (Å²) in [6.07, 6.45) is 8.89. The summed E-state index contributed by atoms with van der Waals surface area (Å²) in [5.41, 5.74) is 2.12. The molecule has 1 aliphatic rings. The van der Waals surface area contributed by atoms with Gasteiger partial charge in [0.25, 0.3) is 0 Å². The minimum atomic E-state index is 0.000124. The van der Waals surface area contributed by atoms with E-state index in [1.54, 1.807) is 12.5 Å². The molecule has 21 heavy (non-hydrogen) atoms. The van der Waals surface area contributed by atoms with Crippen LogP contribution in [0, 0.1) is 0 Å². The number of urea groups is 1. The van der Waals surface area contributed by atoms with E-state index in [0.717, 1.165) is 24.1 Å². The van der Waals surface area contributed by atoms with Crippen molar-refractivity contribution in [3.63, 3.8) is 0 Å². The molecular formula is C16H20N4O. The third kappa shape index (κ3) is 2.91. The molecule has 0 spiro atoms. The number of nitrogens with zero attached hydrogens (tertiary/aromatic N) is 3. The Kier molecular flexibility index (Phi) is 3.90. The second kappa shape index (κ2) is 5.99. The van der Waals surface area contributed by atoms with E-state index in [0.29, 0.717) is 12.6 Å². The summed E-state index contributed by atoms with van der Waals surface area (Å²) in [6, 6.07) is 8.44. The number of benzene rings is 1. The maximum atomic E-state index is 12.1. The highest BCUT2D eigenvalue weighted by Gasteiger charge is 2.25. The first-order valence-electron chi connectivity index (χ1n) is 7.32. The minimum Gasteiger partial charge on any atom is -0.334 e. The zero-order valence-electron chi connectivity index (χ0n) is 12.2. The van der Waals surface area contributed by atoms with Gasteiger partial charge in [-0.25, -0.2) is 9.78 Å². The number of para-hydroxylation sites is 1. The molecule has 1 fully saturated rings. The van der Waals surface area contributed by atoms with Crippen molar-refractivity contribution in [1.82, 2.24) is 19.8 Å². The Morgan fingerprint density at radius 2 is 2.24 bits per heavy atom. The lowest BCUT2D eigenvalue weighted by Crippen LogP contribution is -2.46. The molecule has 1 aliphatic carbocycles. The maximum absolute atomic E-state index is 12.1. The van der Waals surface area contributed by atoms with Gasteiger partial charge >= 0.3 is 6.03 Å². The van der Waals surface area contributed by atoms with Crippen molar-refractivity contribution < 1.29 is 4.79 Å². The van der Waals surface area contributed by atoms with E-state index in [2.05, 4.69) is 10.3 Å². The smallest absolute Gasteiger partial charge is 0.317 e. The summed E-state index contributed by atoms with van der Waals surface area (Å²) in [6.45, 7) is 0.518. The standard InChI is InChI=1S/C16H20N4O/c1-19(14-6-4-7-14)16(21)18-11-13-5-2-3-8-15(13)20-10-9-17-12-20/h2-3,5,8-10,12,14H,4,6-7,11H2,1H3,(H,18,21). The lowest BCUT2D eigenvalue weighted by atomic mass is 9.92. The van der Waals surface area contributed by atoms with E-state index in [1.165, 1.54) is 6.42 Å². The lowest BCUT2D eigenvalue weighted by molar-refractivity contribution is 0.157. The fourth-order valence-corrected chi connectivity index (χ4v) is 2.55. The predicted octanol–water partition coefficient (Wildman–Crippen LogP) is 2.57. The molecule has 5 heteroatoms. The number of nitrogens with one attached hydrogen (secondary N) is 1. The van der Waals surface area contributed by atoms with E-state index < -0.39 is 0 Å². The summed E-state index contributed by atoms with van der Waals surface area (Å²) in [5.74, 6) is 0. The van der Waals surface area contributed by atoms with Crippen molar-refractivity contribution in [2.75, 3.05) is 7.05 Å². The maximum Gasteiger partial charge on any atom is 0.317 e. The van der Waals surface area contributed by atoms with Gasteiger partial charge in [0.2, 0.25) is 0 Å². The van der Waals surface area contributed by atoms with E-state index in [1.807, 2.05) is 47.0 Å². The fraction of sp³-hybridized carbons (Fsp3) is 0.375. The lowest BCUT2D eigenvalue weighted by Gasteiger charge is -2.34. The molecule has 2 amide bonds. The number of hydrogen-bond donors (Lipinski definition) is 1. The highest BCUT2D eigenvalue weighted by molar-refractivity contribution is 5.74. The van der Waals surface area contributed by atoms with Gasteiger partial charge in [0.15, 0.2) is 0 Å². The van der Waals surface area contributed by atoms with Crippen LogP contribution in [-0.2, 0) is 6.54 Å². The normalized spacial score (nSPS) is 14.5. The molecule has 0 aliphatic heterocycles. The fourth-order valence-electron chi connectivity index (χ4n) is 2.55. The van der Waals surface area contributed by atoms with E-state index in [-0.39, 0.29) is 6.03 Å². The van der Waals surface area contributed by atoms with Gasteiger partial charge < -0.3 is 14.8 Å². The van der Waals surface area contributed by atoms with Crippen LogP contribution in [0.2, 0.25) is 0 Å². The average Bonchev–Trinajstić information content (AvgIpc) is 2.97. The quantitative estimate of drug-likeness (QED) is 0.938. The first-order valence-corrected chi connectivity index (χ1v) is 7.32. The number of hydrogen-bond acceptors (Lipinski definition) is 2. The summed E-state index contributed by atoms with van der Waals surface area (Å²) in [5, 5.41) is 3.00. The Labute approximate surface area is 124 Å². The summed E-state index contributed by atoms with van der Waals surface area (Å²) in [4.78, 5) is 18.0. The zero-order valence-corrected chi connectivity index (χ0v) is 12.2. The molecule has 5 nitrogen and oxygen atoms in total. The number of aromatic nitrogens is 2. The largest absolute Gasteiger partial charge is 0.334 e. The molecule has 110 valence electrons. The van der Waals surface area contributed by atoms with Crippen LogP contribution in [-0.4, -0.2) is 33.6 Å². The van der Waals surface area contributed by atoms with Crippen molar-refractivity contribution in [3.05, 3.63) is 48.5 Å². The van der Waals surface area contributed by atoms with Gasteiger partial charge in [0.05, 0.1) is 12.0 Å². The summed E-state index contributed by atoms with van der Waals surface area (Å²) < 4.78 is 1.96. The van der Waals surface area contributed by atoms with Crippen molar-refractivity contribution in [2.24, 2.45) is 0 Å². The Morgan fingerprint density at radius 1 is 1.43 bits per heavy atom. The third-order valence-corrected chi connectivity index (χ3v) is 4.15. The van der Waals surface area contributed by atoms with Crippen LogP contribution < -0.4 is 5.32 Å². The van der Waals surface area contributed by atoms with Crippen LogP contribution in [0.5, 0.6) is 0 Å². The Balaban J connectivity index is 1.66. The first-order chi connectivity index (χ1) is 10.3. The van der Waals surface area contributed by atoms with Gasteiger partial charge in [0.1, 0.15) is 0 Å². The van der Waals surface area contributed by atoms with Gasteiger partial charge in [-0.15, -0.1) is 0 Å². The summed E-state index contributed by atoms with van der Waals surface area (Å²) in [7, 11) is 1.88. The topological polar surface area (TPSA) is 50.2 Å². The molecular weight excluding hydrogens is 264 g/mol.